The summed E-state index contributed by atoms with van der Waals surface area (Å²) in [7, 11) is 0. The van der Waals surface area contributed by atoms with E-state index < -0.39 is 0 Å². The number of halogens is 1. The van der Waals surface area contributed by atoms with E-state index in [0.29, 0.717) is 11.8 Å². The molecule has 0 aliphatic heterocycles. The standard InChI is InChI=1S/C13H20ClNS/c1-9(2)10-3-5-11(6-4-10)13-15-8-12(7-14)16-13/h8-11H,3-7H2,1-2H3. The zero-order valence-electron chi connectivity index (χ0n) is 10.1. The van der Waals surface area contributed by atoms with Crippen molar-refractivity contribution in [2.45, 2.75) is 51.3 Å². The molecule has 1 saturated carbocycles. The van der Waals surface area contributed by atoms with Gasteiger partial charge in [-0.05, 0) is 37.5 Å². The van der Waals surface area contributed by atoms with Crippen LogP contribution in [0.5, 0.6) is 0 Å². The van der Waals surface area contributed by atoms with E-state index in [-0.39, 0.29) is 0 Å². The summed E-state index contributed by atoms with van der Waals surface area (Å²) in [5.74, 6) is 3.09. The predicted octanol–water partition coefficient (Wildman–Crippen LogP) is 4.81. The Kier molecular flexibility index (Phi) is 4.26. The zero-order valence-corrected chi connectivity index (χ0v) is 11.7. The van der Waals surface area contributed by atoms with Crippen molar-refractivity contribution in [3.8, 4) is 0 Å². The van der Waals surface area contributed by atoms with Crippen LogP contribution in [0.4, 0.5) is 0 Å². The molecular weight excluding hydrogens is 238 g/mol. The van der Waals surface area contributed by atoms with Gasteiger partial charge < -0.3 is 0 Å². The Morgan fingerprint density at radius 1 is 1.38 bits per heavy atom. The number of hydrogen-bond donors (Lipinski definition) is 0. The topological polar surface area (TPSA) is 12.9 Å². The summed E-state index contributed by atoms with van der Waals surface area (Å²) < 4.78 is 0. The summed E-state index contributed by atoms with van der Waals surface area (Å²) in [5.41, 5.74) is 0. The number of aromatic nitrogens is 1. The fourth-order valence-corrected chi connectivity index (χ4v) is 3.78. The first-order valence-corrected chi connectivity index (χ1v) is 7.56. The molecule has 1 aromatic heterocycles. The Morgan fingerprint density at radius 2 is 2.06 bits per heavy atom. The van der Waals surface area contributed by atoms with Gasteiger partial charge in [0.2, 0.25) is 0 Å². The van der Waals surface area contributed by atoms with Gasteiger partial charge in [0.1, 0.15) is 0 Å². The Balaban J connectivity index is 1.93. The van der Waals surface area contributed by atoms with Gasteiger partial charge in [0, 0.05) is 17.0 Å². The minimum Gasteiger partial charge on any atom is -0.249 e. The largest absolute Gasteiger partial charge is 0.249 e. The first-order valence-electron chi connectivity index (χ1n) is 6.21. The van der Waals surface area contributed by atoms with Crippen molar-refractivity contribution in [1.29, 1.82) is 0 Å². The van der Waals surface area contributed by atoms with Gasteiger partial charge in [-0.1, -0.05) is 13.8 Å². The lowest BCUT2D eigenvalue weighted by atomic mass is 9.77. The highest BCUT2D eigenvalue weighted by Crippen LogP contribution is 2.39. The van der Waals surface area contributed by atoms with Crippen molar-refractivity contribution in [2.75, 3.05) is 0 Å². The van der Waals surface area contributed by atoms with Crippen molar-refractivity contribution >= 4 is 22.9 Å². The van der Waals surface area contributed by atoms with Crippen molar-refractivity contribution in [1.82, 2.24) is 4.98 Å². The summed E-state index contributed by atoms with van der Waals surface area (Å²) in [6.07, 6.45) is 7.33. The minimum absolute atomic E-state index is 0.610. The number of thiazole rings is 1. The Hall–Kier alpha value is -0.0800. The maximum Gasteiger partial charge on any atom is 0.0959 e. The molecule has 0 amide bonds. The molecule has 0 radical (unpaired) electrons. The Labute approximate surface area is 107 Å². The van der Waals surface area contributed by atoms with E-state index >= 15 is 0 Å². The Morgan fingerprint density at radius 3 is 2.56 bits per heavy atom. The van der Waals surface area contributed by atoms with Crippen LogP contribution in [0.2, 0.25) is 0 Å². The summed E-state index contributed by atoms with van der Waals surface area (Å²) in [5, 5.41) is 1.32. The van der Waals surface area contributed by atoms with Crippen LogP contribution >= 0.6 is 22.9 Å². The molecule has 0 N–H and O–H groups in total. The third-order valence-electron chi connectivity index (χ3n) is 3.77. The molecule has 1 aliphatic rings. The van der Waals surface area contributed by atoms with E-state index in [1.165, 1.54) is 35.6 Å². The van der Waals surface area contributed by atoms with Gasteiger partial charge in [0.15, 0.2) is 0 Å². The highest BCUT2D eigenvalue weighted by atomic mass is 35.5. The van der Waals surface area contributed by atoms with Gasteiger partial charge in [0.25, 0.3) is 0 Å². The van der Waals surface area contributed by atoms with Crippen LogP contribution in [-0.2, 0) is 5.88 Å². The lowest BCUT2D eigenvalue weighted by molar-refractivity contribution is 0.258. The fourth-order valence-electron chi connectivity index (χ4n) is 2.61. The molecule has 0 atom stereocenters. The number of nitrogens with zero attached hydrogens (tertiary/aromatic N) is 1. The molecule has 0 unspecified atom stereocenters. The molecule has 0 spiro atoms. The molecule has 90 valence electrons. The van der Waals surface area contributed by atoms with E-state index in [1.807, 2.05) is 6.20 Å². The molecule has 3 heteroatoms. The second-order valence-electron chi connectivity index (χ2n) is 5.15. The molecule has 2 rings (SSSR count). The smallest absolute Gasteiger partial charge is 0.0959 e. The number of alkyl halides is 1. The lowest BCUT2D eigenvalue weighted by Gasteiger charge is -2.29. The third-order valence-corrected chi connectivity index (χ3v) is 5.37. The van der Waals surface area contributed by atoms with Crippen molar-refractivity contribution < 1.29 is 0 Å². The van der Waals surface area contributed by atoms with Gasteiger partial charge >= 0.3 is 0 Å². The lowest BCUT2D eigenvalue weighted by Crippen LogP contribution is -2.17. The maximum absolute atomic E-state index is 5.81. The quantitative estimate of drug-likeness (QED) is 0.708. The van der Waals surface area contributed by atoms with Gasteiger partial charge in [-0.25, -0.2) is 4.98 Å². The first kappa shape index (κ1) is 12.4. The highest BCUT2D eigenvalue weighted by Gasteiger charge is 2.25. The van der Waals surface area contributed by atoms with Crippen LogP contribution in [0.25, 0.3) is 0 Å². The summed E-state index contributed by atoms with van der Waals surface area (Å²) in [6, 6.07) is 0. The average Bonchev–Trinajstić information content (AvgIpc) is 2.77. The van der Waals surface area contributed by atoms with Gasteiger partial charge in [-0.2, -0.15) is 0 Å². The summed E-state index contributed by atoms with van der Waals surface area (Å²) in [4.78, 5) is 5.73. The van der Waals surface area contributed by atoms with E-state index in [4.69, 9.17) is 11.6 Å². The monoisotopic (exact) mass is 257 g/mol. The molecule has 16 heavy (non-hydrogen) atoms. The fraction of sp³-hybridized carbons (Fsp3) is 0.769. The predicted molar refractivity (Wildman–Crippen MR) is 71.2 cm³/mol. The first-order chi connectivity index (χ1) is 7.70. The number of rotatable bonds is 3. The average molecular weight is 258 g/mol. The van der Waals surface area contributed by atoms with Crippen molar-refractivity contribution in [3.05, 3.63) is 16.1 Å². The maximum atomic E-state index is 5.81. The molecule has 1 fully saturated rings. The van der Waals surface area contributed by atoms with E-state index in [9.17, 15) is 0 Å². The third kappa shape index (κ3) is 2.78. The second kappa shape index (κ2) is 5.50. The molecule has 1 nitrogen and oxygen atoms in total. The normalized spacial score (nSPS) is 26.2. The van der Waals surface area contributed by atoms with Gasteiger partial charge in [-0.3, -0.25) is 0 Å². The molecule has 0 aromatic carbocycles. The second-order valence-corrected chi connectivity index (χ2v) is 6.57. The Bertz CT molecular complexity index is 326. The van der Waals surface area contributed by atoms with Crippen LogP contribution < -0.4 is 0 Å². The van der Waals surface area contributed by atoms with Gasteiger partial charge in [-0.15, -0.1) is 22.9 Å². The van der Waals surface area contributed by atoms with Crippen LogP contribution in [0.3, 0.4) is 0 Å². The molecule has 0 saturated heterocycles. The number of hydrogen-bond acceptors (Lipinski definition) is 2. The van der Waals surface area contributed by atoms with E-state index in [0.717, 1.165) is 11.8 Å². The van der Waals surface area contributed by atoms with E-state index in [1.54, 1.807) is 11.3 Å². The summed E-state index contributed by atoms with van der Waals surface area (Å²) in [6.45, 7) is 4.69. The molecule has 0 bridgehead atoms. The molecule has 1 heterocycles. The zero-order chi connectivity index (χ0) is 11.5. The van der Waals surface area contributed by atoms with Gasteiger partial charge in [0.05, 0.1) is 10.9 Å². The molecular formula is C13H20ClNS. The van der Waals surface area contributed by atoms with Crippen LogP contribution in [0, 0.1) is 11.8 Å². The van der Waals surface area contributed by atoms with Crippen molar-refractivity contribution in [3.63, 3.8) is 0 Å². The van der Waals surface area contributed by atoms with Crippen LogP contribution in [0.1, 0.15) is 55.3 Å². The SMILES string of the molecule is CC(C)C1CCC(c2ncc(CCl)s2)CC1. The van der Waals surface area contributed by atoms with Crippen LogP contribution in [-0.4, -0.2) is 4.98 Å². The van der Waals surface area contributed by atoms with Crippen molar-refractivity contribution in [2.24, 2.45) is 11.8 Å². The molecule has 1 aliphatic carbocycles. The minimum atomic E-state index is 0.610. The summed E-state index contributed by atoms with van der Waals surface area (Å²) >= 11 is 7.62. The van der Waals surface area contributed by atoms with E-state index in [2.05, 4.69) is 18.8 Å². The highest BCUT2D eigenvalue weighted by molar-refractivity contribution is 7.11. The van der Waals surface area contributed by atoms with Crippen LogP contribution in [0.15, 0.2) is 6.20 Å². The molecule has 1 aromatic rings.